The summed E-state index contributed by atoms with van der Waals surface area (Å²) >= 11 is 0. The molecule has 118 valence electrons. The molecule has 0 spiro atoms. The molecule has 2 rings (SSSR count). The molecule has 21 heavy (non-hydrogen) atoms. The number of aliphatic hydroxyl groups excluding tert-OH is 1. The van der Waals surface area contributed by atoms with Gasteiger partial charge >= 0.3 is 0 Å². The van der Waals surface area contributed by atoms with E-state index in [-0.39, 0.29) is 0 Å². The van der Waals surface area contributed by atoms with E-state index in [9.17, 15) is 5.11 Å². The molecule has 3 atom stereocenters. The van der Waals surface area contributed by atoms with E-state index in [1.807, 2.05) is 18.2 Å². The van der Waals surface area contributed by atoms with Gasteiger partial charge in [-0.2, -0.15) is 0 Å². The van der Waals surface area contributed by atoms with Crippen molar-refractivity contribution in [2.24, 2.45) is 5.92 Å². The molecule has 1 aliphatic carbocycles. The minimum absolute atomic E-state index is 0.342. The number of aliphatic hydroxyl groups is 1. The van der Waals surface area contributed by atoms with Crippen LogP contribution in [0.1, 0.15) is 44.7 Å². The van der Waals surface area contributed by atoms with Gasteiger partial charge in [0.2, 0.25) is 0 Å². The first kappa shape index (κ1) is 16.4. The van der Waals surface area contributed by atoms with Crippen LogP contribution in [0.4, 0.5) is 0 Å². The Hall–Kier alpha value is -0.970. The zero-order valence-corrected chi connectivity index (χ0v) is 13.0. The van der Waals surface area contributed by atoms with Gasteiger partial charge < -0.3 is 15.2 Å². The van der Waals surface area contributed by atoms with Crippen molar-refractivity contribution in [2.45, 2.75) is 57.8 Å². The maximum Gasteiger partial charge on any atom is 0.0897 e. The van der Waals surface area contributed by atoms with Crippen molar-refractivity contribution in [3.05, 3.63) is 30.1 Å². The summed E-state index contributed by atoms with van der Waals surface area (Å²) in [6, 6.07) is 5.85. The zero-order chi connectivity index (χ0) is 14.9. The highest BCUT2D eigenvalue weighted by Gasteiger charge is 2.24. The Morgan fingerprint density at radius 3 is 3.00 bits per heavy atom. The molecule has 0 radical (unpaired) electrons. The fourth-order valence-corrected chi connectivity index (χ4v) is 3.02. The van der Waals surface area contributed by atoms with Gasteiger partial charge in [-0.25, -0.2) is 0 Å². The summed E-state index contributed by atoms with van der Waals surface area (Å²) in [6.07, 6.45) is 7.86. The molecule has 4 nitrogen and oxygen atoms in total. The summed E-state index contributed by atoms with van der Waals surface area (Å²) < 4.78 is 5.95. The first-order chi connectivity index (χ1) is 10.3. The van der Waals surface area contributed by atoms with Crippen molar-refractivity contribution in [1.29, 1.82) is 0 Å². The molecule has 1 aliphatic rings. The van der Waals surface area contributed by atoms with Crippen LogP contribution in [0.2, 0.25) is 0 Å². The van der Waals surface area contributed by atoms with Gasteiger partial charge in [0, 0.05) is 19.3 Å². The van der Waals surface area contributed by atoms with Gasteiger partial charge in [0.1, 0.15) is 0 Å². The molecule has 1 aromatic rings. The van der Waals surface area contributed by atoms with Crippen LogP contribution >= 0.6 is 0 Å². The smallest absolute Gasteiger partial charge is 0.0897 e. The predicted octanol–water partition coefficient (Wildman–Crippen LogP) is 2.52. The average Bonchev–Trinajstić information content (AvgIpc) is 2.54. The first-order valence-electron chi connectivity index (χ1n) is 8.20. The normalized spacial score (nSPS) is 23.9. The minimum Gasteiger partial charge on any atom is -0.389 e. The van der Waals surface area contributed by atoms with Crippen molar-refractivity contribution in [3.63, 3.8) is 0 Å². The third-order valence-corrected chi connectivity index (χ3v) is 4.28. The van der Waals surface area contributed by atoms with Gasteiger partial charge in [-0.05, 0) is 30.9 Å². The number of pyridine rings is 1. The molecule has 0 amide bonds. The molecule has 0 bridgehead atoms. The Kier molecular flexibility index (Phi) is 7.13. The second kappa shape index (κ2) is 9.13. The molecule has 1 fully saturated rings. The zero-order valence-electron chi connectivity index (χ0n) is 13.0. The summed E-state index contributed by atoms with van der Waals surface area (Å²) in [7, 11) is 0. The third kappa shape index (κ3) is 5.73. The molecule has 4 heteroatoms. The van der Waals surface area contributed by atoms with Gasteiger partial charge in [0.15, 0.2) is 0 Å². The summed E-state index contributed by atoms with van der Waals surface area (Å²) in [5.74, 6) is 0.674. The number of nitrogens with zero attached hydrogens (tertiary/aromatic N) is 1. The Balaban J connectivity index is 1.61. The predicted molar refractivity (Wildman–Crippen MR) is 83.9 cm³/mol. The molecular formula is C17H28N2O2. The fraction of sp³-hybridized carbons (Fsp3) is 0.706. The van der Waals surface area contributed by atoms with E-state index in [0.29, 0.717) is 31.7 Å². The number of hydrogen-bond acceptors (Lipinski definition) is 4. The SMILES string of the molecule is CCC1CCCCC1OCC(O)CNCc1ccccn1. The monoisotopic (exact) mass is 292 g/mol. The summed E-state index contributed by atoms with van der Waals surface area (Å²) in [5.41, 5.74) is 0.990. The van der Waals surface area contributed by atoms with Crippen LogP contribution in [-0.2, 0) is 11.3 Å². The van der Waals surface area contributed by atoms with E-state index in [4.69, 9.17) is 4.74 Å². The van der Waals surface area contributed by atoms with Crippen LogP contribution in [0.15, 0.2) is 24.4 Å². The van der Waals surface area contributed by atoms with Crippen molar-refractivity contribution < 1.29 is 9.84 Å². The fourth-order valence-electron chi connectivity index (χ4n) is 3.02. The van der Waals surface area contributed by atoms with E-state index in [1.165, 1.54) is 25.7 Å². The molecule has 3 unspecified atom stereocenters. The van der Waals surface area contributed by atoms with Crippen molar-refractivity contribution in [3.8, 4) is 0 Å². The van der Waals surface area contributed by atoms with E-state index in [1.54, 1.807) is 6.20 Å². The lowest BCUT2D eigenvalue weighted by atomic mass is 9.85. The topological polar surface area (TPSA) is 54.4 Å². The Labute approximate surface area is 127 Å². The lowest BCUT2D eigenvalue weighted by Gasteiger charge is -2.31. The number of nitrogens with one attached hydrogen (secondary N) is 1. The standard InChI is InChI=1S/C17H28N2O2/c1-2-14-7-3-4-9-17(14)21-13-16(20)12-18-11-15-8-5-6-10-19-15/h5-6,8,10,14,16-18,20H,2-4,7,9,11-13H2,1H3. The van der Waals surface area contributed by atoms with Crippen LogP contribution in [0.25, 0.3) is 0 Å². The number of rotatable bonds is 8. The Morgan fingerprint density at radius 2 is 2.24 bits per heavy atom. The van der Waals surface area contributed by atoms with E-state index >= 15 is 0 Å². The second-order valence-corrected chi connectivity index (χ2v) is 5.93. The summed E-state index contributed by atoms with van der Waals surface area (Å²) in [5, 5.41) is 13.2. The molecule has 1 heterocycles. The molecule has 1 saturated carbocycles. The number of aromatic nitrogens is 1. The highest BCUT2D eigenvalue weighted by molar-refractivity contribution is 5.02. The highest BCUT2D eigenvalue weighted by Crippen LogP contribution is 2.29. The van der Waals surface area contributed by atoms with Crippen LogP contribution in [0.3, 0.4) is 0 Å². The maximum absolute atomic E-state index is 10.0. The minimum atomic E-state index is -0.451. The lowest BCUT2D eigenvalue weighted by molar-refractivity contribution is -0.0499. The molecular weight excluding hydrogens is 264 g/mol. The van der Waals surface area contributed by atoms with Crippen molar-refractivity contribution in [1.82, 2.24) is 10.3 Å². The lowest BCUT2D eigenvalue weighted by Crippen LogP contribution is -2.35. The van der Waals surface area contributed by atoms with Crippen molar-refractivity contribution >= 4 is 0 Å². The third-order valence-electron chi connectivity index (χ3n) is 4.28. The van der Waals surface area contributed by atoms with E-state index < -0.39 is 6.10 Å². The molecule has 1 aromatic heterocycles. The van der Waals surface area contributed by atoms with Crippen LogP contribution in [0, 0.1) is 5.92 Å². The Bertz CT molecular complexity index is 386. The van der Waals surface area contributed by atoms with Gasteiger partial charge in [-0.1, -0.05) is 32.3 Å². The second-order valence-electron chi connectivity index (χ2n) is 5.93. The quantitative estimate of drug-likeness (QED) is 0.773. The van der Waals surface area contributed by atoms with E-state index in [0.717, 1.165) is 12.1 Å². The molecule has 2 N–H and O–H groups in total. The molecule has 0 saturated heterocycles. The first-order valence-corrected chi connectivity index (χ1v) is 8.20. The van der Waals surface area contributed by atoms with Crippen LogP contribution < -0.4 is 5.32 Å². The summed E-state index contributed by atoms with van der Waals surface area (Å²) in [4.78, 5) is 4.24. The van der Waals surface area contributed by atoms with Gasteiger partial charge in [0.05, 0.1) is 24.5 Å². The number of ether oxygens (including phenoxy) is 1. The Morgan fingerprint density at radius 1 is 1.38 bits per heavy atom. The number of hydrogen-bond donors (Lipinski definition) is 2. The molecule has 0 aromatic carbocycles. The summed E-state index contributed by atoms with van der Waals surface area (Å²) in [6.45, 7) is 3.88. The van der Waals surface area contributed by atoms with E-state index in [2.05, 4.69) is 17.2 Å². The van der Waals surface area contributed by atoms with Gasteiger partial charge in [0.25, 0.3) is 0 Å². The largest absolute Gasteiger partial charge is 0.389 e. The van der Waals surface area contributed by atoms with Crippen molar-refractivity contribution in [2.75, 3.05) is 13.2 Å². The van der Waals surface area contributed by atoms with Crippen LogP contribution in [0.5, 0.6) is 0 Å². The highest BCUT2D eigenvalue weighted by atomic mass is 16.5. The van der Waals surface area contributed by atoms with Gasteiger partial charge in [-0.15, -0.1) is 0 Å². The molecule has 0 aliphatic heterocycles. The van der Waals surface area contributed by atoms with Gasteiger partial charge in [-0.3, -0.25) is 4.98 Å². The maximum atomic E-state index is 10.0. The average molecular weight is 292 g/mol. The van der Waals surface area contributed by atoms with Crippen LogP contribution in [-0.4, -0.2) is 35.5 Å².